The monoisotopic (exact) mass is 389 g/mol. The topological polar surface area (TPSA) is 75.7 Å². The highest BCUT2D eigenvalue weighted by molar-refractivity contribution is 7.93. The van der Waals surface area contributed by atoms with Crippen LogP contribution in [0.25, 0.3) is 21.6 Å². The Hall–Kier alpha value is -2.03. The lowest BCUT2D eigenvalue weighted by atomic mass is 10.2. The van der Waals surface area contributed by atoms with E-state index in [1.54, 1.807) is 23.6 Å². The third-order valence-corrected chi connectivity index (χ3v) is 8.11. The Morgan fingerprint density at radius 3 is 2.92 bits per heavy atom. The van der Waals surface area contributed by atoms with Crippen molar-refractivity contribution in [1.29, 1.82) is 0 Å². The second-order valence-electron chi connectivity index (χ2n) is 5.65. The molecule has 0 fully saturated rings. The minimum Gasteiger partial charge on any atom is -0.346 e. The van der Waals surface area contributed by atoms with Crippen molar-refractivity contribution in [2.45, 2.75) is 17.6 Å². The summed E-state index contributed by atoms with van der Waals surface area (Å²) in [4.78, 5) is 12.6. The Labute approximate surface area is 153 Å². The molecule has 0 saturated carbocycles. The smallest absolute Gasteiger partial charge is 0.188 e. The first-order valence-corrected chi connectivity index (χ1v) is 11.0. The van der Waals surface area contributed by atoms with Crippen LogP contribution in [-0.4, -0.2) is 29.1 Å². The van der Waals surface area contributed by atoms with E-state index in [1.165, 1.54) is 11.3 Å². The van der Waals surface area contributed by atoms with Crippen molar-refractivity contribution in [1.82, 2.24) is 15.0 Å². The summed E-state index contributed by atoms with van der Waals surface area (Å²) in [5.41, 5.74) is 2.60. The number of aromatic nitrogens is 3. The third kappa shape index (κ3) is 3.24. The maximum Gasteiger partial charge on any atom is 0.188 e. The van der Waals surface area contributed by atoms with Crippen molar-refractivity contribution < 1.29 is 8.42 Å². The highest BCUT2D eigenvalue weighted by atomic mass is 32.2. The van der Waals surface area contributed by atoms with E-state index in [-0.39, 0.29) is 5.75 Å². The van der Waals surface area contributed by atoms with Gasteiger partial charge in [-0.3, -0.25) is 0 Å². The van der Waals surface area contributed by atoms with Crippen molar-refractivity contribution >= 4 is 43.5 Å². The maximum atomic E-state index is 12.7. The fraction of sp³-hybridized carbons (Fsp3) is 0.176. The first kappa shape index (κ1) is 16.4. The summed E-state index contributed by atoms with van der Waals surface area (Å²) in [5.74, 6) is 0.0743. The van der Waals surface area contributed by atoms with E-state index >= 15 is 0 Å². The molecule has 1 N–H and O–H groups in total. The zero-order chi connectivity index (χ0) is 17.4. The Balaban J connectivity index is 1.55. The predicted molar refractivity (Wildman–Crippen MR) is 102 cm³/mol. The minimum absolute atomic E-state index is 0.0743. The van der Waals surface area contributed by atoms with Crippen LogP contribution in [0.4, 0.5) is 0 Å². The molecule has 4 heterocycles. The van der Waals surface area contributed by atoms with Crippen LogP contribution in [0.1, 0.15) is 10.6 Å². The van der Waals surface area contributed by atoms with Crippen LogP contribution in [0.5, 0.6) is 0 Å². The van der Waals surface area contributed by atoms with Crippen molar-refractivity contribution in [2.75, 3.05) is 5.75 Å². The molecule has 0 bridgehead atoms. The van der Waals surface area contributed by atoms with Gasteiger partial charge in [0, 0.05) is 23.2 Å². The number of hydrogen-bond donors (Lipinski definition) is 1. The molecule has 0 aliphatic rings. The number of rotatable bonds is 5. The number of pyridine rings is 1. The molecule has 0 saturated heterocycles. The lowest BCUT2D eigenvalue weighted by Gasteiger charge is -2.01. The maximum absolute atomic E-state index is 12.7. The largest absolute Gasteiger partial charge is 0.346 e. The van der Waals surface area contributed by atoms with Gasteiger partial charge in [-0.25, -0.2) is 18.4 Å². The summed E-state index contributed by atoms with van der Waals surface area (Å²) < 4.78 is 25.8. The fourth-order valence-electron chi connectivity index (χ4n) is 2.67. The number of nitrogens with one attached hydrogen (secondary N) is 1. The average Bonchev–Trinajstić information content (AvgIpc) is 3.32. The second kappa shape index (κ2) is 6.36. The molecular formula is C17H15N3O2S3. The molecule has 8 heteroatoms. The summed E-state index contributed by atoms with van der Waals surface area (Å²) in [5, 5.41) is 3.90. The number of H-pyrrole nitrogens is 1. The van der Waals surface area contributed by atoms with Crippen LogP contribution in [0.2, 0.25) is 0 Å². The molecule has 5 nitrogen and oxygen atoms in total. The molecule has 4 aromatic rings. The van der Waals surface area contributed by atoms with E-state index in [0.717, 1.165) is 32.2 Å². The average molecular weight is 390 g/mol. The third-order valence-electron chi connectivity index (χ3n) is 3.94. The first-order chi connectivity index (χ1) is 12.0. The Morgan fingerprint density at radius 1 is 1.24 bits per heavy atom. The molecule has 0 unspecified atom stereocenters. The molecule has 0 aliphatic heterocycles. The first-order valence-electron chi connectivity index (χ1n) is 7.69. The molecule has 0 atom stereocenters. The Kier molecular flexibility index (Phi) is 4.18. The highest BCUT2D eigenvalue weighted by Crippen LogP contribution is 2.32. The molecule has 4 rings (SSSR count). The van der Waals surface area contributed by atoms with Crippen molar-refractivity contribution in [3.63, 3.8) is 0 Å². The zero-order valence-electron chi connectivity index (χ0n) is 13.4. The van der Waals surface area contributed by atoms with E-state index in [9.17, 15) is 8.42 Å². The summed E-state index contributed by atoms with van der Waals surface area (Å²) in [7, 11) is -3.33. The lowest BCUT2D eigenvalue weighted by Crippen LogP contribution is -2.07. The molecular weight excluding hydrogens is 374 g/mol. The molecule has 0 aliphatic carbocycles. The highest BCUT2D eigenvalue weighted by Gasteiger charge is 2.19. The van der Waals surface area contributed by atoms with Gasteiger partial charge in [0.15, 0.2) is 9.84 Å². The number of thiophene rings is 1. The standard InChI is InChI=1S/C17H15N3O2S3/c1-11-20-14(10-23-11)15-4-5-16(24-15)25(21,22)8-6-12-9-19-17-13(12)3-2-7-18-17/h2-5,7,9-10H,6,8H2,1H3,(H,18,19). The molecule has 0 spiro atoms. The summed E-state index contributed by atoms with van der Waals surface area (Å²) >= 11 is 2.85. The van der Waals surface area contributed by atoms with Gasteiger partial charge in [-0.2, -0.15) is 0 Å². The van der Waals surface area contributed by atoms with Crippen molar-refractivity contribution in [3.05, 3.63) is 52.6 Å². The van der Waals surface area contributed by atoms with E-state index in [4.69, 9.17) is 0 Å². The van der Waals surface area contributed by atoms with Crippen LogP contribution in [-0.2, 0) is 16.3 Å². The van der Waals surface area contributed by atoms with Gasteiger partial charge < -0.3 is 4.98 Å². The fourth-order valence-corrected chi connectivity index (χ4v) is 6.04. The number of nitrogens with zero attached hydrogens (tertiary/aromatic N) is 2. The van der Waals surface area contributed by atoms with Gasteiger partial charge in [0.2, 0.25) is 0 Å². The van der Waals surface area contributed by atoms with Crippen LogP contribution < -0.4 is 0 Å². The summed E-state index contributed by atoms with van der Waals surface area (Å²) in [6.07, 6.45) is 4.01. The second-order valence-corrected chi connectivity index (χ2v) is 10.1. The van der Waals surface area contributed by atoms with E-state index in [0.29, 0.717) is 10.6 Å². The molecule has 0 aromatic carbocycles. The molecule has 4 aromatic heterocycles. The predicted octanol–water partition coefficient (Wildman–Crippen LogP) is 4.07. The van der Waals surface area contributed by atoms with E-state index < -0.39 is 9.84 Å². The quantitative estimate of drug-likeness (QED) is 0.558. The Morgan fingerprint density at radius 2 is 2.12 bits per heavy atom. The van der Waals surface area contributed by atoms with Gasteiger partial charge in [-0.05, 0) is 43.2 Å². The van der Waals surface area contributed by atoms with Gasteiger partial charge in [-0.1, -0.05) is 0 Å². The molecule has 0 amide bonds. The Bertz CT molecular complexity index is 1140. The van der Waals surface area contributed by atoms with Gasteiger partial charge in [-0.15, -0.1) is 22.7 Å². The van der Waals surface area contributed by atoms with Gasteiger partial charge in [0.1, 0.15) is 9.86 Å². The van der Waals surface area contributed by atoms with Gasteiger partial charge in [0.05, 0.1) is 21.3 Å². The zero-order valence-corrected chi connectivity index (χ0v) is 15.8. The molecule has 128 valence electrons. The van der Waals surface area contributed by atoms with Gasteiger partial charge >= 0.3 is 0 Å². The summed E-state index contributed by atoms with van der Waals surface area (Å²) in [6, 6.07) is 7.33. The van der Waals surface area contributed by atoms with Gasteiger partial charge in [0.25, 0.3) is 0 Å². The van der Waals surface area contributed by atoms with Crippen LogP contribution >= 0.6 is 22.7 Å². The number of hydrogen-bond acceptors (Lipinski definition) is 6. The van der Waals surface area contributed by atoms with Crippen molar-refractivity contribution in [2.24, 2.45) is 0 Å². The van der Waals surface area contributed by atoms with E-state index in [2.05, 4.69) is 15.0 Å². The molecule has 25 heavy (non-hydrogen) atoms. The number of aromatic amines is 1. The van der Waals surface area contributed by atoms with E-state index in [1.807, 2.05) is 36.7 Å². The number of fused-ring (bicyclic) bond motifs is 1. The van der Waals surface area contributed by atoms with Crippen LogP contribution in [0.15, 0.2) is 46.2 Å². The summed E-state index contributed by atoms with van der Waals surface area (Å²) in [6.45, 7) is 1.94. The number of sulfone groups is 1. The van der Waals surface area contributed by atoms with Crippen LogP contribution in [0.3, 0.4) is 0 Å². The normalized spacial score (nSPS) is 12.0. The van der Waals surface area contributed by atoms with Crippen LogP contribution in [0, 0.1) is 6.92 Å². The number of aryl methyl sites for hydroxylation is 2. The lowest BCUT2D eigenvalue weighted by molar-refractivity contribution is 0.597. The number of thiazole rings is 1. The SMILES string of the molecule is Cc1nc(-c2ccc(S(=O)(=O)CCc3c[nH]c4ncccc34)s2)cs1. The molecule has 0 radical (unpaired) electrons. The minimum atomic E-state index is -3.33. The van der Waals surface area contributed by atoms with Crippen molar-refractivity contribution in [3.8, 4) is 10.6 Å².